The van der Waals surface area contributed by atoms with Crippen LogP contribution >= 0.6 is 0 Å². The molecule has 0 saturated carbocycles. The van der Waals surface area contributed by atoms with Gasteiger partial charge in [0.05, 0.1) is 36.4 Å². The van der Waals surface area contributed by atoms with Gasteiger partial charge in [-0.2, -0.15) is 0 Å². The first kappa shape index (κ1) is 48.8. The van der Waals surface area contributed by atoms with E-state index in [1.807, 2.05) is 27.7 Å². The standard InChI is InChI=1S/C26H40O5.C25H38O5/c1-6-18(7-2)26(29)31-23-13-15(3)12-19-9-8-16(4)21(24(19)23)11-10-20-14-22(27)17(5)25(28)30-20;1-5-17(6-2)25(28)30-22-12-15(3)11-18-8-7-16(4)21(24(18)22)10-9-20-13-19(26)14-23(27)29-20/h8-9,12,15-18,20-24,27H,6-7,10-11,13-14H2,1-5H3;7-8,11,15-17,19-22,24,26H,5-6,9-10,12-14H2,1-4H3/t15-,16-,17?,20+,21-,22+,23-,24-;15-,16-,19+,20+,21-,22-,24-/m00/s1. The largest absolute Gasteiger partial charge is 0.462 e. The quantitative estimate of drug-likeness (QED) is 0.128. The summed E-state index contributed by atoms with van der Waals surface area (Å²) in [5.41, 5.74) is 2.55. The molecule has 61 heavy (non-hydrogen) atoms. The van der Waals surface area contributed by atoms with Crippen LogP contribution < -0.4 is 0 Å². The highest BCUT2D eigenvalue weighted by atomic mass is 16.6. The van der Waals surface area contributed by atoms with Gasteiger partial charge < -0.3 is 29.2 Å². The molecule has 2 heterocycles. The minimum absolute atomic E-state index is 0.0344. The van der Waals surface area contributed by atoms with Crippen LogP contribution in [0.4, 0.5) is 0 Å². The number of aliphatic hydroxyl groups excluding tert-OH is 2. The van der Waals surface area contributed by atoms with Crippen molar-refractivity contribution in [1.82, 2.24) is 0 Å². The highest BCUT2D eigenvalue weighted by Crippen LogP contribution is 2.47. The zero-order valence-corrected chi connectivity index (χ0v) is 38.6. The van der Waals surface area contributed by atoms with Crippen molar-refractivity contribution in [2.24, 2.45) is 65.1 Å². The van der Waals surface area contributed by atoms with E-state index in [2.05, 4.69) is 64.2 Å². The Morgan fingerprint density at radius 2 is 1.10 bits per heavy atom. The van der Waals surface area contributed by atoms with E-state index in [0.717, 1.165) is 64.2 Å². The van der Waals surface area contributed by atoms with Gasteiger partial charge in [0.25, 0.3) is 0 Å². The highest BCUT2D eigenvalue weighted by molar-refractivity contribution is 5.74. The molecule has 4 aliphatic carbocycles. The van der Waals surface area contributed by atoms with Gasteiger partial charge in [-0.25, -0.2) is 0 Å². The SMILES string of the molecule is CCC(CC)C(=O)O[C@H]1C[C@@H](C)C=C2C=C[C@H](C)[C@H](CC[C@@H]3C[C@@H](O)C(C)C(=O)O3)[C@H]21.CCC(CC)C(=O)O[C@H]1C[C@@H](C)C=C2C=C[C@H](C)[C@H](CC[C@@H]3C[C@@H](O)CC(=O)O3)[C@H]21. The van der Waals surface area contributed by atoms with Gasteiger partial charge in [-0.1, -0.05) is 91.8 Å². The Bertz CT molecular complexity index is 1620. The molecule has 2 N–H and O–H groups in total. The third-order valence-corrected chi connectivity index (χ3v) is 15.0. The van der Waals surface area contributed by atoms with E-state index in [1.54, 1.807) is 6.92 Å². The number of carbonyl (C=O) groups is 4. The number of cyclic esters (lactones) is 2. The highest BCUT2D eigenvalue weighted by Gasteiger charge is 2.44. The summed E-state index contributed by atoms with van der Waals surface area (Å²) in [6.07, 6.45) is 20.9. The van der Waals surface area contributed by atoms with Crippen LogP contribution in [0.2, 0.25) is 0 Å². The van der Waals surface area contributed by atoms with Crippen molar-refractivity contribution in [3.63, 3.8) is 0 Å². The van der Waals surface area contributed by atoms with E-state index in [9.17, 15) is 29.4 Å². The molecule has 0 amide bonds. The van der Waals surface area contributed by atoms with Gasteiger partial charge in [-0.05, 0) is 118 Å². The molecule has 15 atom stereocenters. The van der Waals surface area contributed by atoms with E-state index < -0.39 is 18.1 Å². The van der Waals surface area contributed by atoms with Crippen molar-refractivity contribution in [2.75, 3.05) is 0 Å². The molecular weight excluding hydrogens is 773 g/mol. The van der Waals surface area contributed by atoms with E-state index in [0.29, 0.717) is 48.3 Å². The van der Waals surface area contributed by atoms with Gasteiger partial charge in [0, 0.05) is 24.7 Å². The molecule has 2 aliphatic heterocycles. The predicted octanol–water partition coefficient (Wildman–Crippen LogP) is 9.42. The summed E-state index contributed by atoms with van der Waals surface area (Å²) in [5, 5.41) is 20.1. The van der Waals surface area contributed by atoms with Crippen molar-refractivity contribution in [1.29, 1.82) is 0 Å². The number of allylic oxidation sites excluding steroid dienone is 6. The maximum atomic E-state index is 12.8. The van der Waals surface area contributed by atoms with Crippen molar-refractivity contribution in [3.8, 4) is 0 Å². The Morgan fingerprint density at radius 1 is 0.656 bits per heavy atom. The lowest BCUT2D eigenvalue weighted by molar-refractivity contribution is -0.170. The second-order valence-electron chi connectivity index (χ2n) is 19.6. The topological polar surface area (TPSA) is 146 Å². The van der Waals surface area contributed by atoms with Gasteiger partial charge in [-0.3, -0.25) is 19.2 Å². The number of hydrogen-bond donors (Lipinski definition) is 2. The van der Waals surface area contributed by atoms with Crippen molar-refractivity contribution < 1.29 is 48.3 Å². The second kappa shape index (κ2) is 22.4. The summed E-state index contributed by atoms with van der Waals surface area (Å²) in [7, 11) is 0. The number of aliphatic hydroxyl groups is 2. The first-order valence-corrected chi connectivity index (χ1v) is 24.0. The first-order valence-electron chi connectivity index (χ1n) is 24.0. The molecule has 0 bridgehead atoms. The third-order valence-electron chi connectivity index (χ3n) is 15.0. The minimum Gasteiger partial charge on any atom is -0.462 e. The number of hydrogen-bond acceptors (Lipinski definition) is 10. The lowest BCUT2D eigenvalue weighted by Crippen LogP contribution is -2.43. The van der Waals surface area contributed by atoms with Crippen molar-refractivity contribution in [3.05, 3.63) is 47.6 Å². The number of esters is 4. The molecule has 0 radical (unpaired) electrons. The maximum Gasteiger partial charge on any atom is 0.311 e. The van der Waals surface area contributed by atoms with E-state index in [4.69, 9.17) is 18.9 Å². The Morgan fingerprint density at radius 3 is 1.51 bits per heavy atom. The Balaban J connectivity index is 0.000000231. The summed E-state index contributed by atoms with van der Waals surface area (Å²) < 4.78 is 23.3. The molecule has 2 saturated heterocycles. The zero-order valence-electron chi connectivity index (χ0n) is 38.6. The van der Waals surface area contributed by atoms with Gasteiger partial charge in [0.15, 0.2) is 0 Å². The lowest BCUT2D eigenvalue weighted by atomic mass is 9.65. The summed E-state index contributed by atoms with van der Waals surface area (Å²) in [6, 6.07) is 0. The Kier molecular flexibility index (Phi) is 17.9. The van der Waals surface area contributed by atoms with Gasteiger partial charge in [-0.15, -0.1) is 0 Å². The number of ether oxygens (including phenoxy) is 4. The number of rotatable bonds is 14. The summed E-state index contributed by atoms with van der Waals surface area (Å²) in [5.74, 6) is 1.21. The minimum atomic E-state index is -0.630. The lowest BCUT2D eigenvalue weighted by Gasteiger charge is -2.43. The van der Waals surface area contributed by atoms with Gasteiger partial charge in [0.1, 0.15) is 24.4 Å². The summed E-state index contributed by atoms with van der Waals surface area (Å²) in [6.45, 7) is 18.7. The molecule has 10 heteroatoms. The molecule has 6 rings (SSSR count). The van der Waals surface area contributed by atoms with Crippen LogP contribution in [0.25, 0.3) is 0 Å². The fraction of sp³-hybridized carbons (Fsp3) is 0.765. The van der Waals surface area contributed by atoms with Crippen LogP contribution in [-0.2, 0) is 38.1 Å². The van der Waals surface area contributed by atoms with Crippen molar-refractivity contribution >= 4 is 23.9 Å². The molecular formula is C51H78O10. The average Bonchev–Trinajstić information content (AvgIpc) is 3.20. The van der Waals surface area contributed by atoms with Gasteiger partial charge >= 0.3 is 23.9 Å². The van der Waals surface area contributed by atoms with Crippen LogP contribution in [0, 0.1) is 65.1 Å². The number of carbonyl (C=O) groups excluding carboxylic acids is 4. The molecule has 0 aromatic carbocycles. The van der Waals surface area contributed by atoms with Crippen LogP contribution in [0.5, 0.6) is 0 Å². The van der Waals surface area contributed by atoms with Crippen LogP contribution in [-0.4, -0.2) is 70.7 Å². The fourth-order valence-electron chi connectivity index (χ4n) is 11.1. The van der Waals surface area contributed by atoms with Crippen molar-refractivity contribution in [2.45, 2.75) is 182 Å². The second-order valence-corrected chi connectivity index (χ2v) is 19.6. The van der Waals surface area contributed by atoms with Crippen LogP contribution in [0.1, 0.15) is 146 Å². The molecule has 342 valence electrons. The molecule has 1 unspecified atom stereocenters. The summed E-state index contributed by atoms with van der Waals surface area (Å²) >= 11 is 0. The Labute approximate surface area is 366 Å². The normalized spacial score (nSPS) is 37.0. The fourth-order valence-corrected chi connectivity index (χ4v) is 11.1. The maximum absolute atomic E-state index is 12.8. The van der Waals surface area contributed by atoms with E-state index in [-0.39, 0.29) is 78.4 Å². The van der Waals surface area contributed by atoms with E-state index >= 15 is 0 Å². The predicted molar refractivity (Wildman–Crippen MR) is 235 cm³/mol. The molecule has 2 fully saturated rings. The molecule has 10 nitrogen and oxygen atoms in total. The van der Waals surface area contributed by atoms with Gasteiger partial charge in [0.2, 0.25) is 0 Å². The summed E-state index contributed by atoms with van der Waals surface area (Å²) in [4.78, 5) is 49.3. The first-order chi connectivity index (χ1) is 29.1. The molecule has 0 aromatic rings. The molecule has 6 aliphatic rings. The molecule has 0 aromatic heterocycles. The zero-order chi connectivity index (χ0) is 44.5. The molecule has 0 spiro atoms. The number of fused-ring (bicyclic) bond motifs is 2. The van der Waals surface area contributed by atoms with E-state index in [1.165, 1.54) is 11.1 Å². The van der Waals surface area contributed by atoms with Crippen LogP contribution in [0.15, 0.2) is 47.6 Å². The average molecular weight is 851 g/mol. The Hall–Kier alpha value is -3.24. The smallest absolute Gasteiger partial charge is 0.311 e. The monoisotopic (exact) mass is 851 g/mol. The van der Waals surface area contributed by atoms with Crippen LogP contribution in [0.3, 0.4) is 0 Å². The third kappa shape index (κ3) is 12.5.